The van der Waals surface area contributed by atoms with E-state index in [9.17, 15) is 13.2 Å². The average Bonchev–Trinajstić information content (AvgIpc) is 2.08. The fraction of sp³-hybridized carbons (Fsp3) is 0.857. The highest BCUT2D eigenvalue weighted by molar-refractivity contribution is 7.89. The van der Waals surface area contributed by atoms with Crippen molar-refractivity contribution in [1.29, 1.82) is 0 Å². The van der Waals surface area contributed by atoms with E-state index >= 15 is 0 Å². The zero-order valence-electron chi connectivity index (χ0n) is 7.62. The average molecular weight is 241 g/mol. The maximum atomic E-state index is 11.3. The predicted octanol–water partition coefficient (Wildman–Crippen LogP) is -0.577. The van der Waals surface area contributed by atoms with Crippen molar-refractivity contribution in [2.45, 2.75) is 18.9 Å². The highest BCUT2D eigenvalue weighted by Crippen LogP contribution is 2.04. The molecule has 1 saturated heterocycles. The Morgan fingerprint density at radius 3 is 2.79 bits per heavy atom. The molecule has 2 N–H and O–H groups in total. The highest BCUT2D eigenvalue weighted by Gasteiger charge is 2.22. The minimum Gasteiger partial charge on any atom is -0.355 e. The van der Waals surface area contributed by atoms with Crippen LogP contribution >= 0.6 is 11.6 Å². The quantitative estimate of drug-likeness (QED) is 0.646. The van der Waals surface area contributed by atoms with Crippen LogP contribution in [0.4, 0.5) is 0 Å². The number of hydrogen-bond acceptors (Lipinski definition) is 3. The second-order valence-electron chi connectivity index (χ2n) is 3.17. The van der Waals surface area contributed by atoms with Crippen LogP contribution in [-0.2, 0) is 14.8 Å². The molecule has 0 saturated carbocycles. The number of sulfonamides is 1. The Kier molecular flexibility index (Phi) is 4.15. The van der Waals surface area contributed by atoms with Gasteiger partial charge in [-0.25, -0.2) is 13.1 Å². The zero-order valence-corrected chi connectivity index (χ0v) is 9.20. The smallest absolute Gasteiger partial charge is 0.220 e. The lowest BCUT2D eigenvalue weighted by atomic mass is 10.1. The molecule has 0 spiro atoms. The van der Waals surface area contributed by atoms with Gasteiger partial charge in [0.2, 0.25) is 15.9 Å². The molecule has 0 bridgehead atoms. The van der Waals surface area contributed by atoms with Gasteiger partial charge in [0, 0.05) is 24.9 Å². The van der Waals surface area contributed by atoms with Crippen LogP contribution in [0, 0.1) is 0 Å². The first-order valence-corrected chi connectivity index (χ1v) is 6.55. The molecule has 1 heterocycles. The number of amides is 1. The Morgan fingerprint density at radius 1 is 1.57 bits per heavy atom. The summed E-state index contributed by atoms with van der Waals surface area (Å²) in [7, 11) is -3.28. The standard InChI is InChI=1S/C7H13ClN2O3S/c8-3-4-14(12,13)10-6-1-2-7(11)9-5-6/h6,10H,1-5H2,(H,9,11). The van der Waals surface area contributed by atoms with Crippen LogP contribution < -0.4 is 10.0 Å². The predicted molar refractivity (Wildman–Crippen MR) is 53.7 cm³/mol. The lowest BCUT2D eigenvalue weighted by Gasteiger charge is -2.22. The van der Waals surface area contributed by atoms with E-state index < -0.39 is 10.0 Å². The first kappa shape index (κ1) is 11.7. The van der Waals surface area contributed by atoms with Gasteiger partial charge in [-0.1, -0.05) is 0 Å². The number of hydrogen-bond donors (Lipinski definition) is 2. The van der Waals surface area contributed by atoms with Crippen LogP contribution in [0.2, 0.25) is 0 Å². The van der Waals surface area contributed by atoms with Gasteiger partial charge in [0.05, 0.1) is 5.75 Å². The molecule has 14 heavy (non-hydrogen) atoms. The van der Waals surface area contributed by atoms with Crippen LogP contribution in [0.1, 0.15) is 12.8 Å². The van der Waals surface area contributed by atoms with Crippen molar-refractivity contribution in [2.75, 3.05) is 18.2 Å². The van der Waals surface area contributed by atoms with E-state index in [0.717, 1.165) is 0 Å². The lowest BCUT2D eigenvalue weighted by Crippen LogP contribution is -2.48. The van der Waals surface area contributed by atoms with Crippen molar-refractivity contribution in [1.82, 2.24) is 10.0 Å². The molecular formula is C7H13ClN2O3S. The van der Waals surface area contributed by atoms with Gasteiger partial charge in [0.15, 0.2) is 0 Å². The normalized spacial score (nSPS) is 23.2. The van der Waals surface area contributed by atoms with Crippen LogP contribution in [-0.4, -0.2) is 38.5 Å². The number of nitrogens with one attached hydrogen (secondary N) is 2. The second-order valence-corrected chi connectivity index (χ2v) is 5.42. The summed E-state index contributed by atoms with van der Waals surface area (Å²) in [4.78, 5) is 10.8. The first-order chi connectivity index (χ1) is 6.53. The molecule has 1 unspecified atom stereocenters. The highest BCUT2D eigenvalue weighted by atomic mass is 35.5. The third-order valence-corrected chi connectivity index (χ3v) is 3.80. The SMILES string of the molecule is O=C1CCC(NS(=O)(=O)CCCl)CN1. The van der Waals surface area contributed by atoms with Gasteiger partial charge >= 0.3 is 0 Å². The monoisotopic (exact) mass is 240 g/mol. The van der Waals surface area contributed by atoms with Crippen molar-refractivity contribution in [3.05, 3.63) is 0 Å². The number of halogens is 1. The maximum absolute atomic E-state index is 11.3. The van der Waals surface area contributed by atoms with Gasteiger partial charge in [0.1, 0.15) is 0 Å². The minimum atomic E-state index is -3.28. The summed E-state index contributed by atoms with van der Waals surface area (Å²) in [5.74, 6) is -0.0364. The zero-order chi connectivity index (χ0) is 10.6. The van der Waals surface area contributed by atoms with Crippen molar-refractivity contribution in [3.8, 4) is 0 Å². The molecule has 1 fully saturated rings. The molecule has 1 aliphatic heterocycles. The van der Waals surface area contributed by atoms with Crippen LogP contribution in [0.15, 0.2) is 0 Å². The van der Waals surface area contributed by atoms with Gasteiger partial charge in [-0.05, 0) is 6.42 Å². The van der Waals surface area contributed by atoms with Crippen LogP contribution in [0.5, 0.6) is 0 Å². The summed E-state index contributed by atoms with van der Waals surface area (Å²) in [5.41, 5.74) is 0. The number of rotatable bonds is 4. The maximum Gasteiger partial charge on any atom is 0.220 e. The van der Waals surface area contributed by atoms with Gasteiger partial charge in [-0.2, -0.15) is 0 Å². The van der Waals surface area contributed by atoms with E-state index in [4.69, 9.17) is 11.6 Å². The number of piperidine rings is 1. The van der Waals surface area contributed by atoms with E-state index in [0.29, 0.717) is 19.4 Å². The molecule has 7 heteroatoms. The third kappa shape index (κ3) is 3.81. The van der Waals surface area contributed by atoms with E-state index in [-0.39, 0.29) is 23.6 Å². The summed E-state index contributed by atoms with van der Waals surface area (Å²) >= 11 is 5.34. The van der Waals surface area contributed by atoms with Crippen molar-refractivity contribution in [3.63, 3.8) is 0 Å². The molecule has 0 aliphatic carbocycles. The Hall–Kier alpha value is -0.330. The largest absolute Gasteiger partial charge is 0.355 e. The van der Waals surface area contributed by atoms with Crippen molar-refractivity contribution < 1.29 is 13.2 Å². The van der Waals surface area contributed by atoms with Gasteiger partial charge < -0.3 is 5.32 Å². The van der Waals surface area contributed by atoms with Gasteiger partial charge in [0.25, 0.3) is 0 Å². The van der Waals surface area contributed by atoms with Gasteiger partial charge in [-0.15, -0.1) is 11.6 Å². The van der Waals surface area contributed by atoms with E-state index in [1.54, 1.807) is 0 Å². The molecule has 0 radical (unpaired) electrons. The topological polar surface area (TPSA) is 75.3 Å². The van der Waals surface area contributed by atoms with Crippen LogP contribution in [0.25, 0.3) is 0 Å². The molecule has 5 nitrogen and oxygen atoms in total. The minimum absolute atomic E-state index is 0.0298. The molecule has 1 aliphatic rings. The summed E-state index contributed by atoms with van der Waals surface area (Å²) in [5, 5.41) is 2.60. The molecule has 0 aromatic carbocycles. The first-order valence-electron chi connectivity index (χ1n) is 4.36. The van der Waals surface area contributed by atoms with E-state index in [2.05, 4.69) is 10.0 Å². The Labute approximate surface area is 88.2 Å². The van der Waals surface area contributed by atoms with Crippen molar-refractivity contribution in [2.24, 2.45) is 0 Å². The molecule has 0 aromatic rings. The molecule has 1 atom stereocenters. The lowest BCUT2D eigenvalue weighted by molar-refractivity contribution is -0.122. The number of alkyl halides is 1. The fourth-order valence-electron chi connectivity index (χ4n) is 1.25. The Bertz CT molecular complexity index is 294. The van der Waals surface area contributed by atoms with Crippen LogP contribution in [0.3, 0.4) is 0 Å². The molecule has 1 rings (SSSR count). The summed E-state index contributed by atoms with van der Waals surface area (Å²) in [6.07, 6.45) is 0.918. The molecule has 1 amide bonds. The summed E-state index contributed by atoms with van der Waals surface area (Å²) in [6.45, 7) is 0.361. The van der Waals surface area contributed by atoms with Gasteiger partial charge in [-0.3, -0.25) is 4.79 Å². The molecule has 82 valence electrons. The third-order valence-electron chi connectivity index (χ3n) is 1.96. The summed E-state index contributed by atoms with van der Waals surface area (Å²) in [6, 6.07) is -0.194. The van der Waals surface area contributed by atoms with Crippen molar-refractivity contribution >= 4 is 27.5 Å². The Morgan fingerprint density at radius 2 is 2.29 bits per heavy atom. The molecule has 0 aromatic heterocycles. The fourth-order valence-corrected chi connectivity index (χ4v) is 2.89. The van der Waals surface area contributed by atoms with E-state index in [1.165, 1.54) is 0 Å². The number of carbonyl (C=O) groups excluding carboxylic acids is 1. The van der Waals surface area contributed by atoms with E-state index in [1.807, 2.05) is 0 Å². The number of carbonyl (C=O) groups is 1. The molecular weight excluding hydrogens is 228 g/mol. The second kappa shape index (κ2) is 4.95. The Balaban J connectivity index is 2.41. The summed E-state index contributed by atoms with van der Waals surface area (Å²) < 4.78 is 25.0.